The average molecular weight is 234 g/mol. The molecule has 0 radical (unpaired) electrons. The summed E-state index contributed by atoms with van der Waals surface area (Å²) in [4.78, 5) is 7.05. The van der Waals surface area contributed by atoms with E-state index in [0.717, 1.165) is 44.2 Å². The van der Waals surface area contributed by atoms with E-state index in [4.69, 9.17) is 10.7 Å². The Morgan fingerprint density at radius 3 is 3.06 bits per heavy atom. The van der Waals surface area contributed by atoms with Gasteiger partial charge >= 0.3 is 0 Å². The normalized spacial score (nSPS) is 19.9. The van der Waals surface area contributed by atoms with Gasteiger partial charge in [-0.1, -0.05) is 13.0 Å². The van der Waals surface area contributed by atoms with Gasteiger partial charge in [-0.25, -0.2) is 4.98 Å². The van der Waals surface area contributed by atoms with Crippen LogP contribution in [0, 0.1) is 5.92 Å². The van der Waals surface area contributed by atoms with E-state index in [1.807, 2.05) is 6.08 Å². The molecule has 0 aromatic carbocycles. The lowest BCUT2D eigenvalue weighted by Crippen LogP contribution is -2.25. The summed E-state index contributed by atoms with van der Waals surface area (Å²) in [5.74, 6) is 1.70. The Bertz CT molecular complexity index is 383. The fraction of sp³-hybridized carbons (Fsp3) is 0.615. The SMILES string of the molecule is C=CCn1cc(CC)nc1N1CCC(CN)C1. The van der Waals surface area contributed by atoms with E-state index in [9.17, 15) is 0 Å². The monoisotopic (exact) mass is 234 g/mol. The molecule has 0 spiro atoms. The van der Waals surface area contributed by atoms with Crippen molar-refractivity contribution < 1.29 is 0 Å². The number of nitrogens with two attached hydrogens (primary N) is 1. The number of rotatable bonds is 5. The molecule has 0 amide bonds. The van der Waals surface area contributed by atoms with E-state index in [1.54, 1.807) is 0 Å². The fourth-order valence-electron chi connectivity index (χ4n) is 2.36. The lowest BCUT2D eigenvalue weighted by atomic mass is 10.1. The molecule has 1 aromatic rings. The predicted octanol–water partition coefficient (Wildman–Crippen LogP) is 1.42. The average Bonchev–Trinajstić information content (AvgIpc) is 2.95. The number of hydrogen-bond donors (Lipinski definition) is 1. The number of anilines is 1. The van der Waals surface area contributed by atoms with Crippen molar-refractivity contribution in [3.63, 3.8) is 0 Å². The maximum atomic E-state index is 5.73. The van der Waals surface area contributed by atoms with Gasteiger partial charge in [-0.3, -0.25) is 0 Å². The van der Waals surface area contributed by atoms with Crippen LogP contribution in [-0.4, -0.2) is 29.2 Å². The molecule has 1 atom stereocenters. The molecule has 4 nitrogen and oxygen atoms in total. The van der Waals surface area contributed by atoms with Crippen molar-refractivity contribution in [2.75, 3.05) is 24.5 Å². The van der Waals surface area contributed by atoms with Crippen LogP contribution in [0.4, 0.5) is 5.95 Å². The molecular formula is C13H22N4. The zero-order chi connectivity index (χ0) is 12.3. The molecule has 4 heteroatoms. The zero-order valence-electron chi connectivity index (χ0n) is 10.6. The van der Waals surface area contributed by atoms with Gasteiger partial charge in [-0.15, -0.1) is 6.58 Å². The smallest absolute Gasteiger partial charge is 0.206 e. The molecule has 1 fully saturated rings. The molecule has 1 aromatic heterocycles. The van der Waals surface area contributed by atoms with Crippen LogP contribution in [0.3, 0.4) is 0 Å². The highest BCUT2D eigenvalue weighted by Crippen LogP contribution is 2.23. The van der Waals surface area contributed by atoms with Crippen molar-refractivity contribution in [2.24, 2.45) is 11.7 Å². The summed E-state index contributed by atoms with van der Waals surface area (Å²) in [6.07, 6.45) is 6.21. The molecule has 1 unspecified atom stereocenters. The standard InChI is InChI=1S/C13H22N4/c1-3-6-16-10-12(4-2)15-13(16)17-7-5-11(8-14)9-17/h3,10-11H,1,4-9,14H2,2H3. The number of aryl methyl sites for hydroxylation is 1. The second-order valence-corrected chi connectivity index (χ2v) is 4.66. The Morgan fingerprint density at radius 1 is 1.65 bits per heavy atom. The number of hydrogen-bond acceptors (Lipinski definition) is 3. The number of imidazole rings is 1. The number of allylic oxidation sites excluding steroid dienone is 1. The minimum Gasteiger partial charge on any atom is -0.342 e. The highest BCUT2D eigenvalue weighted by atomic mass is 15.3. The van der Waals surface area contributed by atoms with Gasteiger partial charge in [-0.05, 0) is 25.3 Å². The minimum atomic E-state index is 0.619. The quantitative estimate of drug-likeness (QED) is 0.784. The van der Waals surface area contributed by atoms with Crippen molar-refractivity contribution in [1.29, 1.82) is 0 Å². The molecule has 0 saturated carbocycles. The van der Waals surface area contributed by atoms with Gasteiger partial charge in [-0.2, -0.15) is 0 Å². The molecule has 1 aliphatic heterocycles. The van der Waals surface area contributed by atoms with Crippen LogP contribution in [0.15, 0.2) is 18.9 Å². The summed E-state index contributed by atoms with van der Waals surface area (Å²) < 4.78 is 2.19. The fourth-order valence-corrected chi connectivity index (χ4v) is 2.36. The van der Waals surface area contributed by atoms with Crippen LogP contribution in [0.5, 0.6) is 0 Å². The van der Waals surface area contributed by atoms with Crippen molar-refractivity contribution in [3.8, 4) is 0 Å². The summed E-state index contributed by atoms with van der Waals surface area (Å²) in [7, 11) is 0. The first kappa shape index (κ1) is 12.2. The van der Waals surface area contributed by atoms with Crippen molar-refractivity contribution in [2.45, 2.75) is 26.3 Å². The molecule has 2 N–H and O–H groups in total. The molecule has 1 saturated heterocycles. The predicted molar refractivity (Wildman–Crippen MR) is 71.2 cm³/mol. The third kappa shape index (κ3) is 2.52. The zero-order valence-corrected chi connectivity index (χ0v) is 10.6. The topological polar surface area (TPSA) is 47.1 Å². The number of nitrogens with zero attached hydrogens (tertiary/aromatic N) is 3. The van der Waals surface area contributed by atoms with E-state index in [0.29, 0.717) is 5.92 Å². The molecule has 0 aliphatic carbocycles. The van der Waals surface area contributed by atoms with Gasteiger partial charge in [0.15, 0.2) is 0 Å². The maximum Gasteiger partial charge on any atom is 0.206 e. The second-order valence-electron chi connectivity index (χ2n) is 4.66. The van der Waals surface area contributed by atoms with E-state index < -0.39 is 0 Å². The minimum absolute atomic E-state index is 0.619. The lowest BCUT2D eigenvalue weighted by Gasteiger charge is -2.18. The van der Waals surface area contributed by atoms with Gasteiger partial charge in [0, 0.05) is 25.8 Å². The van der Waals surface area contributed by atoms with Crippen molar-refractivity contribution in [1.82, 2.24) is 9.55 Å². The molecule has 2 rings (SSSR count). The number of aromatic nitrogens is 2. The van der Waals surface area contributed by atoms with Gasteiger partial charge < -0.3 is 15.2 Å². The van der Waals surface area contributed by atoms with E-state index in [-0.39, 0.29) is 0 Å². The van der Waals surface area contributed by atoms with Crippen LogP contribution >= 0.6 is 0 Å². The summed E-state index contributed by atoms with van der Waals surface area (Å²) in [5, 5.41) is 0. The first-order valence-corrected chi connectivity index (χ1v) is 6.40. The molecule has 2 heterocycles. The van der Waals surface area contributed by atoms with Gasteiger partial charge in [0.25, 0.3) is 0 Å². The summed E-state index contributed by atoms with van der Waals surface area (Å²) >= 11 is 0. The largest absolute Gasteiger partial charge is 0.342 e. The summed E-state index contributed by atoms with van der Waals surface area (Å²) in [6, 6.07) is 0. The van der Waals surface area contributed by atoms with Crippen LogP contribution in [0.2, 0.25) is 0 Å². The Labute approximate surface area is 103 Å². The van der Waals surface area contributed by atoms with Crippen molar-refractivity contribution >= 4 is 5.95 Å². The van der Waals surface area contributed by atoms with Gasteiger partial charge in [0.2, 0.25) is 5.95 Å². The first-order valence-electron chi connectivity index (χ1n) is 6.40. The molecular weight excluding hydrogens is 212 g/mol. The third-order valence-electron chi connectivity index (χ3n) is 3.40. The maximum absolute atomic E-state index is 5.73. The Hall–Kier alpha value is -1.29. The lowest BCUT2D eigenvalue weighted by molar-refractivity contribution is 0.600. The molecule has 1 aliphatic rings. The molecule has 0 bridgehead atoms. The van der Waals surface area contributed by atoms with Crippen LogP contribution in [0.1, 0.15) is 19.0 Å². The Morgan fingerprint density at radius 2 is 2.47 bits per heavy atom. The van der Waals surface area contributed by atoms with E-state index in [2.05, 4.69) is 29.2 Å². The first-order chi connectivity index (χ1) is 8.28. The highest BCUT2D eigenvalue weighted by molar-refractivity contribution is 5.35. The van der Waals surface area contributed by atoms with Crippen molar-refractivity contribution in [3.05, 3.63) is 24.5 Å². The van der Waals surface area contributed by atoms with E-state index >= 15 is 0 Å². The summed E-state index contributed by atoms with van der Waals surface area (Å²) in [6.45, 7) is 9.65. The van der Waals surface area contributed by atoms with Gasteiger partial charge in [0.05, 0.1) is 5.69 Å². The van der Waals surface area contributed by atoms with Crippen LogP contribution in [0.25, 0.3) is 0 Å². The Balaban J connectivity index is 2.18. The third-order valence-corrected chi connectivity index (χ3v) is 3.40. The van der Waals surface area contributed by atoms with E-state index in [1.165, 1.54) is 6.42 Å². The second kappa shape index (κ2) is 5.36. The molecule has 94 valence electrons. The molecule has 17 heavy (non-hydrogen) atoms. The Kier molecular flexibility index (Phi) is 3.84. The summed E-state index contributed by atoms with van der Waals surface area (Å²) in [5.41, 5.74) is 6.88. The van der Waals surface area contributed by atoms with Crippen LogP contribution < -0.4 is 10.6 Å². The highest BCUT2D eigenvalue weighted by Gasteiger charge is 2.24. The van der Waals surface area contributed by atoms with Gasteiger partial charge in [0.1, 0.15) is 0 Å². The van der Waals surface area contributed by atoms with Crippen LogP contribution in [-0.2, 0) is 13.0 Å².